The molecule has 0 spiro atoms. The molecule has 4 unspecified atom stereocenters. The van der Waals surface area contributed by atoms with Crippen molar-refractivity contribution in [3.05, 3.63) is 0 Å². The van der Waals surface area contributed by atoms with E-state index in [-0.39, 0.29) is 11.8 Å². The van der Waals surface area contributed by atoms with E-state index in [1.54, 1.807) is 0 Å². The van der Waals surface area contributed by atoms with Crippen LogP contribution in [0.3, 0.4) is 0 Å². The number of hydrogen-bond acceptors (Lipinski definition) is 3. The lowest BCUT2D eigenvalue weighted by Crippen LogP contribution is -2.42. The fourth-order valence-corrected chi connectivity index (χ4v) is 4.10. The summed E-state index contributed by atoms with van der Waals surface area (Å²) in [4.78, 5) is 18.7. The molecule has 3 saturated heterocycles. The predicted molar refractivity (Wildman–Crippen MR) is 90.3 cm³/mol. The van der Waals surface area contributed by atoms with Crippen molar-refractivity contribution < 1.29 is 9.53 Å². The number of amides is 1. The van der Waals surface area contributed by atoms with E-state index in [0.717, 1.165) is 25.6 Å². The van der Waals surface area contributed by atoms with E-state index in [9.17, 15) is 4.79 Å². The number of nitrogens with zero attached hydrogens (tertiary/aromatic N) is 2. The number of carbonyl (C=O) groups excluding carboxylic acids is 1. The molecule has 6 nitrogen and oxygen atoms in total. The third kappa shape index (κ3) is 3.47. The van der Waals surface area contributed by atoms with Gasteiger partial charge in [-0.25, -0.2) is 0 Å². The normalized spacial score (nSPS) is 32.5. The summed E-state index contributed by atoms with van der Waals surface area (Å²) in [6.45, 7) is 10.1. The number of ether oxygens (including phenoxy) is 1. The quantitative estimate of drug-likeness (QED) is 0.447. The zero-order chi connectivity index (χ0) is 16.4. The summed E-state index contributed by atoms with van der Waals surface area (Å²) in [5.74, 6) is 2.46. The van der Waals surface area contributed by atoms with Crippen molar-refractivity contribution in [2.24, 2.45) is 22.7 Å². The van der Waals surface area contributed by atoms with Crippen LogP contribution in [0.1, 0.15) is 33.6 Å². The number of likely N-dealkylation sites (tertiary alicyclic amines) is 1. The van der Waals surface area contributed by atoms with E-state index in [4.69, 9.17) is 9.73 Å². The Labute approximate surface area is 139 Å². The molecule has 0 aromatic heterocycles. The van der Waals surface area contributed by atoms with Crippen LogP contribution in [-0.2, 0) is 9.53 Å². The van der Waals surface area contributed by atoms with Crippen LogP contribution in [0.2, 0.25) is 0 Å². The summed E-state index contributed by atoms with van der Waals surface area (Å²) in [5.41, 5.74) is 0. The monoisotopic (exact) mass is 322 g/mol. The second-order valence-corrected chi connectivity index (χ2v) is 7.20. The van der Waals surface area contributed by atoms with E-state index in [1.807, 2.05) is 13.8 Å². The summed E-state index contributed by atoms with van der Waals surface area (Å²) in [7, 11) is 0. The molecule has 2 bridgehead atoms. The molecule has 3 aliphatic rings. The van der Waals surface area contributed by atoms with Crippen molar-refractivity contribution in [1.29, 1.82) is 0 Å². The van der Waals surface area contributed by atoms with Crippen molar-refractivity contribution in [2.45, 2.75) is 45.8 Å². The molecule has 0 radical (unpaired) electrons. The molecule has 3 aliphatic heterocycles. The average molecular weight is 322 g/mol. The molecule has 3 heterocycles. The van der Waals surface area contributed by atoms with E-state index >= 15 is 0 Å². The fraction of sp³-hybridized carbons (Fsp3) is 0.882. The van der Waals surface area contributed by atoms with Gasteiger partial charge < -0.3 is 20.3 Å². The van der Waals surface area contributed by atoms with Crippen LogP contribution in [0.25, 0.3) is 0 Å². The molecule has 6 heteroatoms. The van der Waals surface area contributed by atoms with Gasteiger partial charge in [0.25, 0.3) is 0 Å². The van der Waals surface area contributed by atoms with Crippen molar-refractivity contribution in [3.63, 3.8) is 0 Å². The molecule has 130 valence electrons. The summed E-state index contributed by atoms with van der Waals surface area (Å²) in [6.07, 6.45) is 3.41. The summed E-state index contributed by atoms with van der Waals surface area (Å²) in [5, 5.41) is 6.32. The van der Waals surface area contributed by atoms with Gasteiger partial charge in [0, 0.05) is 43.9 Å². The molecule has 0 aliphatic carbocycles. The Hall–Kier alpha value is -1.30. The van der Waals surface area contributed by atoms with Gasteiger partial charge in [0.2, 0.25) is 5.91 Å². The number of guanidine groups is 1. The minimum Gasteiger partial charge on any atom is -0.374 e. The Morgan fingerprint density at radius 2 is 1.87 bits per heavy atom. The minimum atomic E-state index is 0.0284. The molecule has 0 aromatic rings. The molecular formula is C17H30N4O2. The van der Waals surface area contributed by atoms with Gasteiger partial charge in [-0.15, -0.1) is 0 Å². The SMILES string of the molecule is CCNC(=NCCNC(=O)C(C)C)N1CC2C3CCC(O3)C2C1. The number of carbonyl (C=O) groups is 1. The zero-order valence-electron chi connectivity index (χ0n) is 14.5. The maximum atomic E-state index is 11.6. The highest BCUT2D eigenvalue weighted by Gasteiger charge is 2.53. The lowest BCUT2D eigenvalue weighted by atomic mass is 9.82. The largest absolute Gasteiger partial charge is 0.374 e. The topological polar surface area (TPSA) is 66.0 Å². The molecular weight excluding hydrogens is 292 g/mol. The van der Waals surface area contributed by atoms with Crippen LogP contribution in [0.5, 0.6) is 0 Å². The summed E-state index contributed by atoms with van der Waals surface area (Å²) >= 11 is 0. The Kier molecular flexibility index (Phi) is 5.09. The number of aliphatic imine (C=N–C) groups is 1. The fourth-order valence-electron chi connectivity index (χ4n) is 4.10. The van der Waals surface area contributed by atoms with Crippen LogP contribution < -0.4 is 10.6 Å². The third-order valence-corrected chi connectivity index (χ3v) is 5.28. The molecule has 3 rings (SSSR count). The van der Waals surface area contributed by atoms with Gasteiger partial charge in [0.1, 0.15) is 0 Å². The van der Waals surface area contributed by atoms with Crippen molar-refractivity contribution in [1.82, 2.24) is 15.5 Å². The van der Waals surface area contributed by atoms with Gasteiger partial charge in [-0.05, 0) is 19.8 Å². The van der Waals surface area contributed by atoms with Gasteiger partial charge in [0.05, 0.1) is 18.8 Å². The molecule has 4 atom stereocenters. The maximum Gasteiger partial charge on any atom is 0.222 e. The minimum absolute atomic E-state index is 0.0284. The Morgan fingerprint density at radius 3 is 2.43 bits per heavy atom. The maximum absolute atomic E-state index is 11.6. The van der Waals surface area contributed by atoms with Crippen molar-refractivity contribution in [3.8, 4) is 0 Å². The highest BCUT2D eigenvalue weighted by molar-refractivity contribution is 5.80. The van der Waals surface area contributed by atoms with E-state index < -0.39 is 0 Å². The highest BCUT2D eigenvalue weighted by atomic mass is 16.5. The van der Waals surface area contributed by atoms with Crippen molar-refractivity contribution >= 4 is 11.9 Å². The highest BCUT2D eigenvalue weighted by Crippen LogP contribution is 2.47. The van der Waals surface area contributed by atoms with Gasteiger partial charge in [0.15, 0.2) is 5.96 Å². The van der Waals surface area contributed by atoms with Crippen LogP contribution in [-0.4, -0.2) is 61.7 Å². The average Bonchev–Trinajstić information content (AvgIpc) is 3.21. The second-order valence-electron chi connectivity index (χ2n) is 7.20. The number of fused-ring (bicyclic) bond motifs is 5. The second kappa shape index (κ2) is 7.07. The first-order chi connectivity index (χ1) is 11.1. The van der Waals surface area contributed by atoms with Gasteiger partial charge in [-0.1, -0.05) is 13.8 Å². The van der Waals surface area contributed by atoms with E-state index in [2.05, 4.69) is 22.5 Å². The van der Waals surface area contributed by atoms with Crippen LogP contribution in [0.15, 0.2) is 4.99 Å². The standard InChI is InChI=1S/C17H30N4O2/c1-4-18-17(20-8-7-19-16(22)11(2)3)21-9-12-13(10-21)15-6-5-14(12)23-15/h11-15H,4-10H2,1-3H3,(H,18,20)(H,19,22). The first kappa shape index (κ1) is 16.6. The molecule has 1 amide bonds. The van der Waals surface area contributed by atoms with Gasteiger partial charge in [-0.2, -0.15) is 0 Å². The Balaban J connectivity index is 1.53. The molecule has 23 heavy (non-hydrogen) atoms. The van der Waals surface area contributed by atoms with Crippen molar-refractivity contribution in [2.75, 3.05) is 32.7 Å². The molecule has 3 fully saturated rings. The number of rotatable bonds is 5. The lowest BCUT2D eigenvalue weighted by molar-refractivity contribution is -0.123. The van der Waals surface area contributed by atoms with Gasteiger partial charge in [-0.3, -0.25) is 9.79 Å². The summed E-state index contributed by atoms with van der Waals surface area (Å²) < 4.78 is 6.04. The Bertz CT molecular complexity index is 448. The predicted octanol–water partition coefficient (Wildman–Crippen LogP) is 0.833. The summed E-state index contributed by atoms with van der Waals surface area (Å²) in [6, 6.07) is 0. The lowest BCUT2D eigenvalue weighted by Gasteiger charge is -2.23. The first-order valence-corrected chi connectivity index (χ1v) is 9.06. The van der Waals surface area contributed by atoms with Crippen LogP contribution >= 0.6 is 0 Å². The first-order valence-electron chi connectivity index (χ1n) is 9.06. The molecule has 2 N–H and O–H groups in total. The zero-order valence-corrected chi connectivity index (χ0v) is 14.5. The van der Waals surface area contributed by atoms with E-state index in [0.29, 0.717) is 37.1 Å². The third-order valence-electron chi connectivity index (χ3n) is 5.28. The smallest absolute Gasteiger partial charge is 0.222 e. The van der Waals surface area contributed by atoms with Crippen LogP contribution in [0, 0.1) is 17.8 Å². The van der Waals surface area contributed by atoms with Crippen LogP contribution in [0.4, 0.5) is 0 Å². The van der Waals surface area contributed by atoms with Gasteiger partial charge >= 0.3 is 0 Å². The Morgan fingerprint density at radius 1 is 1.22 bits per heavy atom. The molecule has 0 aromatic carbocycles. The van der Waals surface area contributed by atoms with E-state index in [1.165, 1.54) is 12.8 Å². The number of nitrogens with one attached hydrogen (secondary N) is 2. The number of hydrogen-bond donors (Lipinski definition) is 2. The molecule has 0 saturated carbocycles.